The Morgan fingerprint density at radius 2 is 2.00 bits per heavy atom. The van der Waals surface area contributed by atoms with Crippen LogP contribution in [0.2, 0.25) is 0 Å². The van der Waals surface area contributed by atoms with Crippen LogP contribution >= 0.6 is 0 Å². The summed E-state index contributed by atoms with van der Waals surface area (Å²) in [6, 6.07) is 3.26. The van der Waals surface area contributed by atoms with Gasteiger partial charge in [0.1, 0.15) is 5.82 Å². The third-order valence-corrected chi connectivity index (χ3v) is 3.79. The van der Waals surface area contributed by atoms with Crippen molar-refractivity contribution in [1.82, 2.24) is 4.90 Å². The first kappa shape index (κ1) is 15.3. The van der Waals surface area contributed by atoms with E-state index in [0.717, 1.165) is 12.1 Å². The van der Waals surface area contributed by atoms with Crippen molar-refractivity contribution in [2.24, 2.45) is 0 Å². The standard InChI is InChI=1S/C12H14FNO4S/c1-14(2)11(15)5-6-19(18)8-3-4-10(13)9(7-8)12(16)17/h3-4,7H,5-6H2,1-2H3,(H,16,17). The zero-order valence-electron chi connectivity index (χ0n) is 10.6. The molecule has 1 unspecified atom stereocenters. The van der Waals surface area contributed by atoms with E-state index in [9.17, 15) is 18.2 Å². The van der Waals surface area contributed by atoms with Gasteiger partial charge in [0.15, 0.2) is 0 Å². The SMILES string of the molecule is CN(C)C(=O)CCS(=O)c1ccc(F)c(C(=O)O)c1. The number of carboxylic acid groups (broad SMARTS) is 1. The highest BCUT2D eigenvalue weighted by Crippen LogP contribution is 2.14. The number of carbonyl (C=O) groups excluding carboxylic acids is 1. The van der Waals surface area contributed by atoms with Gasteiger partial charge < -0.3 is 10.0 Å². The lowest BCUT2D eigenvalue weighted by Crippen LogP contribution is -2.23. The number of benzene rings is 1. The van der Waals surface area contributed by atoms with Gasteiger partial charge in [-0.05, 0) is 18.2 Å². The zero-order valence-corrected chi connectivity index (χ0v) is 11.4. The molecule has 5 nitrogen and oxygen atoms in total. The number of aromatic carboxylic acids is 1. The minimum atomic E-state index is -1.53. The summed E-state index contributed by atoms with van der Waals surface area (Å²) in [5.41, 5.74) is -0.523. The molecule has 0 heterocycles. The second-order valence-electron chi connectivity index (χ2n) is 4.03. The van der Waals surface area contributed by atoms with E-state index >= 15 is 0 Å². The van der Waals surface area contributed by atoms with E-state index in [2.05, 4.69) is 0 Å². The number of amides is 1. The van der Waals surface area contributed by atoms with Crippen LogP contribution in [0.4, 0.5) is 4.39 Å². The molecule has 0 aromatic heterocycles. The van der Waals surface area contributed by atoms with E-state index in [1.807, 2.05) is 0 Å². The molecule has 104 valence electrons. The quantitative estimate of drug-likeness (QED) is 0.880. The van der Waals surface area contributed by atoms with Crippen LogP contribution in [0.15, 0.2) is 23.1 Å². The third-order valence-electron chi connectivity index (χ3n) is 2.43. The maximum atomic E-state index is 13.2. The molecular formula is C12H14FNO4S. The van der Waals surface area contributed by atoms with Crippen LogP contribution in [0.1, 0.15) is 16.8 Å². The van der Waals surface area contributed by atoms with Crippen molar-refractivity contribution in [2.45, 2.75) is 11.3 Å². The summed E-state index contributed by atoms with van der Waals surface area (Å²) in [5.74, 6) is -2.39. The van der Waals surface area contributed by atoms with Gasteiger partial charge in [-0.2, -0.15) is 0 Å². The smallest absolute Gasteiger partial charge is 0.338 e. The van der Waals surface area contributed by atoms with E-state index in [4.69, 9.17) is 5.11 Å². The topological polar surface area (TPSA) is 74.7 Å². The van der Waals surface area contributed by atoms with Gasteiger partial charge in [0.05, 0.1) is 16.4 Å². The predicted molar refractivity (Wildman–Crippen MR) is 67.9 cm³/mol. The van der Waals surface area contributed by atoms with Crippen LogP contribution in [0, 0.1) is 5.82 Å². The average Bonchev–Trinajstić information content (AvgIpc) is 2.35. The molecule has 1 aromatic rings. The van der Waals surface area contributed by atoms with Crippen molar-refractivity contribution in [3.05, 3.63) is 29.6 Å². The van der Waals surface area contributed by atoms with Crippen LogP contribution in [-0.4, -0.2) is 45.9 Å². The van der Waals surface area contributed by atoms with Gasteiger partial charge >= 0.3 is 5.97 Å². The molecule has 1 amide bonds. The molecule has 0 spiro atoms. The number of carbonyl (C=O) groups is 2. The number of hydrogen-bond acceptors (Lipinski definition) is 3. The van der Waals surface area contributed by atoms with Gasteiger partial charge in [-0.3, -0.25) is 9.00 Å². The van der Waals surface area contributed by atoms with Crippen LogP contribution in [-0.2, 0) is 15.6 Å². The molecule has 0 aliphatic carbocycles. The molecular weight excluding hydrogens is 273 g/mol. The van der Waals surface area contributed by atoms with E-state index in [1.165, 1.54) is 11.0 Å². The van der Waals surface area contributed by atoms with Crippen molar-refractivity contribution in [1.29, 1.82) is 0 Å². The lowest BCUT2D eigenvalue weighted by Gasteiger charge is -2.09. The summed E-state index contributed by atoms with van der Waals surface area (Å²) in [5, 5.41) is 8.76. The van der Waals surface area contributed by atoms with Gasteiger partial charge in [0, 0.05) is 31.2 Å². The third kappa shape index (κ3) is 4.13. The highest BCUT2D eigenvalue weighted by molar-refractivity contribution is 7.85. The molecule has 0 saturated heterocycles. The Balaban J connectivity index is 2.81. The number of halogens is 1. The minimum absolute atomic E-state index is 0.0711. The lowest BCUT2D eigenvalue weighted by atomic mass is 10.2. The van der Waals surface area contributed by atoms with Gasteiger partial charge in [0.2, 0.25) is 5.91 Å². The van der Waals surface area contributed by atoms with E-state index in [1.54, 1.807) is 14.1 Å². The molecule has 1 N–H and O–H groups in total. The van der Waals surface area contributed by atoms with Crippen molar-refractivity contribution in [3.63, 3.8) is 0 Å². The fourth-order valence-electron chi connectivity index (χ4n) is 1.33. The minimum Gasteiger partial charge on any atom is -0.478 e. The fourth-order valence-corrected chi connectivity index (χ4v) is 2.40. The lowest BCUT2D eigenvalue weighted by molar-refractivity contribution is -0.128. The Kier molecular flexibility index (Phi) is 5.17. The highest BCUT2D eigenvalue weighted by atomic mass is 32.2. The summed E-state index contributed by atoms with van der Waals surface area (Å²) in [4.78, 5) is 23.7. The van der Waals surface area contributed by atoms with Crippen molar-refractivity contribution in [3.8, 4) is 0 Å². The summed E-state index contributed by atoms with van der Waals surface area (Å²) >= 11 is 0. The Labute approximate surface area is 112 Å². The number of hydrogen-bond donors (Lipinski definition) is 1. The van der Waals surface area contributed by atoms with E-state index in [0.29, 0.717) is 0 Å². The molecule has 19 heavy (non-hydrogen) atoms. The Bertz CT molecular complexity index is 530. The molecule has 0 fully saturated rings. The summed E-state index contributed by atoms with van der Waals surface area (Å²) in [6.07, 6.45) is 0.0827. The van der Waals surface area contributed by atoms with Crippen LogP contribution in [0.25, 0.3) is 0 Å². The zero-order chi connectivity index (χ0) is 14.6. The summed E-state index contributed by atoms with van der Waals surface area (Å²) in [6.45, 7) is 0. The van der Waals surface area contributed by atoms with Gasteiger partial charge in [-0.15, -0.1) is 0 Å². The second-order valence-corrected chi connectivity index (χ2v) is 5.61. The monoisotopic (exact) mass is 287 g/mol. The van der Waals surface area contributed by atoms with E-state index < -0.39 is 28.1 Å². The Hall–Kier alpha value is -1.76. The molecule has 0 bridgehead atoms. The molecule has 7 heteroatoms. The van der Waals surface area contributed by atoms with Crippen LogP contribution in [0.5, 0.6) is 0 Å². The van der Waals surface area contributed by atoms with Crippen molar-refractivity contribution >= 4 is 22.7 Å². The first-order valence-electron chi connectivity index (χ1n) is 5.44. The fraction of sp³-hybridized carbons (Fsp3) is 0.333. The van der Waals surface area contributed by atoms with Gasteiger partial charge in [-0.1, -0.05) is 0 Å². The summed E-state index contributed by atoms with van der Waals surface area (Å²) < 4.78 is 25.0. The van der Waals surface area contributed by atoms with Gasteiger partial charge in [0.25, 0.3) is 0 Å². The molecule has 0 aliphatic heterocycles. The highest BCUT2D eigenvalue weighted by Gasteiger charge is 2.15. The van der Waals surface area contributed by atoms with Crippen molar-refractivity contribution < 1.29 is 23.3 Å². The average molecular weight is 287 g/mol. The molecule has 0 saturated carbocycles. The number of nitrogens with zero attached hydrogens (tertiary/aromatic N) is 1. The molecule has 0 radical (unpaired) electrons. The maximum Gasteiger partial charge on any atom is 0.338 e. The molecule has 1 aromatic carbocycles. The number of rotatable bonds is 5. The Morgan fingerprint density at radius 1 is 1.37 bits per heavy atom. The van der Waals surface area contributed by atoms with Crippen molar-refractivity contribution in [2.75, 3.05) is 19.8 Å². The summed E-state index contributed by atoms with van der Waals surface area (Å²) in [7, 11) is 1.64. The predicted octanol–water partition coefficient (Wildman–Crippen LogP) is 1.11. The molecule has 1 rings (SSSR count). The van der Waals surface area contributed by atoms with Crippen LogP contribution in [0.3, 0.4) is 0 Å². The molecule has 1 atom stereocenters. The first-order valence-corrected chi connectivity index (χ1v) is 6.76. The van der Waals surface area contributed by atoms with Crippen LogP contribution < -0.4 is 0 Å². The second kappa shape index (κ2) is 6.42. The Morgan fingerprint density at radius 3 is 2.53 bits per heavy atom. The number of carboxylic acids is 1. The normalized spacial score (nSPS) is 11.9. The van der Waals surface area contributed by atoms with Gasteiger partial charge in [-0.25, -0.2) is 9.18 Å². The largest absolute Gasteiger partial charge is 0.478 e. The van der Waals surface area contributed by atoms with E-state index in [-0.39, 0.29) is 23.0 Å². The maximum absolute atomic E-state index is 13.2. The molecule has 0 aliphatic rings. The first-order chi connectivity index (χ1) is 8.82.